The Morgan fingerprint density at radius 3 is 2.55 bits per heavy atom. The number of thioether (sulfide) groups is 1. The standard InChI is InChI=1S/C20H21N3O5S/c1-4-17(18(24)21-15-7-5-6-8-16(15)27-3)29-19-20(25)28-22-23(19)13-9-11-14(26-2)12-10-13/h5-12,17H,4H2,1-3H3,(H-,21,22,24,25)/p+1. The summed E-state index contributed by atoms with van der Waals surface area (Å²) >= 11 is 1.14. The maximum atomic E-state index is 12.8. The topological polar surface area (TPSA) is 97.4 Å². The number of hydrogen-bond acceptors (Lipinski definition) is 6. The summed E-state index contributed by atoms with van der Waals surface area (Å²) in [5, 5.41) is 5.21. The van der Waals surface area contributed by atoms with Gasteiger partial charge >= 0.3 is 10.7 Å². The van der Waals surface area contributed by atoms with Crippen molar-refractivity contribution in [3.63, 3.8) is 0 Å². The van der Waals surface area contributed by atoms with E-state index < -0.39 is 10.9 Å². The molecule has 1 atom stereocenters. The Morgan fingerprint density at radius 1 is 1.17 bits per heavy atom. The maximum Gasteiger partial charge on any atom is 0.442 e. The molecule has 29 heavy (non-hydrogen) atoms. The molecule has 1 heterocycles. The molecule has 0 bridgehead atoms. The first-order valence-corrected chi connectivity index (χ1v) is 9.83. The molecule has 1 unspecified atom stereocenters. The van der Waals surface area contributed by atoms with Crippen molar-refractivity contribution >= 4 is 23.4 Å². The number of methoxy groups -OCH3 is 2. The highest BCUT2D eigenvalue weighted by Gasteiger charge is 2.30. The fourth-order valence-electron chi connectivity index (χ4n) is 2.68. The third-order valence-corrected chi connectivity index (χ3v) is 5.62. The summed E-state index contributed by atoms with van der Waals surface area (Å²) in [5.41, 5.74) is 0.705. The maximum absolute atomic E-state index is 12.8. The van der Waals surface area contributed by atoms with E-state index in [4.69, 9.17) is 14.0 Å². The first-order chi connectivity index (χ1) is 14.1. The minimum atomic E-state index is -0.547. The molecular formula is C20H22N3O5S+. The van der Waals surface area contributed by atoms with Gasteiger partial charge in [-0.3, -0.25) is 9.32 Å². The summed E-state index contributed by atoms with van der Waals surface area (Å²) < 4.78 is 16.9. The minimum absolute atomic E-state index is 0.233. The summed E-state index contributed by atoms with van der Waals surface area (Å²) in [7, 11) is 3.12. The molecule has 1 amide bonds. The highest BCUT2D eigenvalue weighted by atomic mass is 32.2. The Labute approximate surface area is 171 Å². The Morgan fingerprint density at radius 2 is 1.90 bits per heavy atom. The fraction of sp³-hybridized carbons (Fsp3) is 0.250. The number of H-pyrrole nitrogens is 1. The summed E-state index contributed by atoms with van der Waals surface area (Å²) in [4.78, 5) is 25.1. The predicted molar refractivity (Wildman–Crippen MR) is 109 cm³/mol. The summed E-state index contributed by atoms with van der Waals surface area (Å²) in [5.74, 6) is 1.02. The molecule has 0 spiro atoms. The number of aromatic nitrogens is 2. The highest BCUT2D eigenvalue weighted by molar-refractivity contribution is 8.00. The first-order valence-electron chi connectivity index (χ1n) is 8.95. The van der Waals surface area contributed by atoms with E-state index in [1.165, 1.54) is 4.68 Å². The molecule has 0 fully saturated rings. The van der Waals surface area contributed by atoms with Gasteiger partial charge in [0, 0.05) is 12.1 Å². The van der Waals surface area contributed by atoms with Crippen LogP contribution in [0.5, 0.6) is 11.5 Å². The Balaban J connectivity index is 1.83. The largest absolute Gasteiger partial charge is 0.497 e. The molecule has 3 aromatic rings. The number of carbonyl (C=O) groups excluding carboxylic acids is 1. The lowest BCUT2D eigenvalue weighted by molar-refractivity contribution is -0.704. The van der Waals surface area contributed by atoms with Crippen LogP contribution >= 0.6 is 11.8 Å². The Hall–Kier alpha value is -3.20. The second-order valence-corrected chi connectivity index (χ2v) is 7.22. The van der Waals surface area contributed by atoms with E-state index in [9.17, 15) is 9.59 Å². The quantitative estimate of drug-likeness (QED) is 0.433. The van der Waals surface area contributed by atoms with Gasteiger partial charge in [0.05, 0.1) is 25.2 Å². The molecule has 0 aliphatic rings. The number of aromatic amines is 1. The number of carbonyl (C=O) groups is 1. The van der Waals surface area contributed by atoms with Crippen molar-refractivity contribution in [1.82, 2.24) is 5.27 Å². The van der Waals surface area contributed by atoms with E-state index in [1.807, 2.05) is 19.1 Å². The van der Waals surface area contributed by atoms with E-state index in [-0.39, 0.29) is 10.9 Å². The highest BCUT2D eigenvalue weighted by Crippen LogP contribution is 2.27. The molecule has 3 rings (SSSR count). The number of nitrogens with one attached hydrogen (secondary N) is 2. The first kappa shape index (κ1) is 20.5. The van der Waals surface area contributed by atoms with Crippen LogP contribution in [0.2, 0.25) is 0 Å². The Kier molecular flexibility index (Phi) is 6.61. The molecule has 0 aliphatic heterocycles. The van der Waals surface area contributed by atoms with Crippen LogP contribution in [-0.2, 0) is 4.79 Å². The summed E-state index contributed by atoms with van der Waals surface area (Å²) in [6.45, 7) is 1.88. The van der Waals surface area contributed by atoms with Crippen LogP contribution in [0, 0.1) is 0 Å². The molecule has 9 heteroatoms. The monoisotopic (exact) mass is 416 g/mol. The van der Waals surface area contributed by atoms with Crippen molar-refractivity contribution in [1.29, 1.82) is 0 Å². The lowest BCUT2D eigenvalue weighted by Crippen LogP contribution is -2.37. The SMILES string of the molecule is CCC(Sc1c(=O)o[nH][n+]1-c1ccc(OC)cc1)C(=O)Nc1ccccc1OC. The van der Waals surface area contributed by atoms with Crippen molar-refractivity contribution in [3.05, 3.63) is 59.0 Å². The van der Waals surface area contributed by atoms with Gasteiger partial charge in [-0.05, 0) is 52.4 Å². The van der Waals surface area contributed by atoms with Crippen LogP contribution in [0.25, 0.3) is 5.69 Å². The number of rotatable bonds is 8. The van der Waals surface area contributed by atoms with Crippen molar-refractivity contribution < 1.29 is 23.5 Å². The second-order valence-electron chi connectivity index (χ2n) is 6.02. The molecule has 2 N–H and O–H groups in total. The van der Waals surface area contributed by atoms with E-state index >= 15 is 0 Å². The van der Waals surface area contributed by atoms with Gasteiger partial charge in [-0.15, -0.1) is 0 Å². The van der Waals surface area contributed by atoms with Crippen LogP contribution < -0.4 is 25.1 Å². The van der Waals surface area contributed by atoms with Crippen LogP contribution in [0.3, 0.4) is 0 Å². The number of anilines is 1. The predicted octanol–water partition coefficient (Wildman–Crippen LogP) is 2.77. The zero-order valence-electron chi connectivity index (χ0n) is 16.3. The van der Waals surface area contributed by atoms with Gasteiger partial charge in [0.15, 0.2) is 0 Å². The van der Waals surface area contributed by atoms with E-state index in [2.05, 4.69) is 10.6 Å². The molecule has 8 nitrogen and oxygen atoms in total. The Bertz CT molecular complexity index is 1030. The van der Waals surface area contributed by atoms with Gasteiger partial charge in [-0.1, -0.05) is 19.1 Å². The summed E-state index contributed by atoms with van der Waals surface area (Å²) in [6, 6.07) is 14.3. The van der Waals surface area contributed by atoms with Crippen LogP contribution in [0.15, 0.2) is 62.9 Å². The fourth-order valence-corrected chi connectivity index (χ4v) is 3.67. The molecule has 0 radical (unpaired) electrons. The summed E-state index contributed by atoms with van der Waals surface area (Å²) in [6.07, 6.45) is 0.513. The van der Waals surface area contributed by atoms with Gasteiger partial charge in [0.25, 0.3) is 0 Å². The zero-order valence-corrected chi connectivity index (χ0v) is 17.1. The number of amides is 1. The molecule has 0 saturated carbocycles. The third-order valence-electron chi connectivity index (χ3n) is 4.22. The van der Waals surface area contributed by atoms with Crippen molar-refractivity contribution in [2.24, 2.45) is 0 Å². The lowest BCUT2D eigenvalue weighted by Gasteiger charge is -2.14. The molecule has 152 valence electrons. The van der Waals surface area contributed by atoms with Gasteiger partial charge < -0.3 is 14.8 Å². The molecule has 0 saturated heterocycles. The normalized spacial score (nSPS) is 11.7. The average Bonchev–Trinajstić information content (AvgIpc) is 3.12. The number of benzene rings is 2. The molecule has 0 aliphatic carbocycles. The van der Waals surface area contributed by atoms with E-state index in [1.54, 1.807) is 50.6 Å². The third kappa shape index (κ3) is 4.62. The van der Waals surface area contributed by atoms with Gasteiger partial charge in [-0.2, -0.15) is 0 Å². The number of ether oxygens (including phenoxy) is 2. The minimum Gasteiger partial charge on any atom is -0.497 e. The second kappa shape index (κ2) is 9.33. The van der Waals surface area contributed by atoms with Crippen molar-refractivity contribution in [2.75, 3.05) is 19.5 Å². The smallest absolute Gasteiger partial charge is 0.442 e. The van der Waals surface area contributed by atoms with E-state index in [0.29, 0.717) is 29.3 Å². The zero-order chi connectivity index (χ0) is 20.8. The number of nitrogens with zero attached hydrogens (tertiary/aromatic N) is 1. The lowest BCUT2D eigenvalue weighted by atomic mass is 10.2. The molecule has 2 aromatic carbocycles. The van der Waals surface area contributed by atoms with Crippen LogP contribution in [0.4, 0.5) is 5.69 Å². The van der Waals surface area contributed by atoms with Gasteiger partial charge in [0.1, 0.15) is 11.5 Å². The average molecular weight is 416 g/mol. The van der Waals surface area contributed by atoms with Crippen molar-refractivity contribution in [2.45, 2.75) is 23.6 Å². The van der Waals surface area contributed by atoms with Crippen LogP contribution in [-0.4, -0.2) is 30.6 Å². The van der Waals surface area contributed by atoms with E-state index in [0.717, 1.165) is 11.8 Å². The molecular weight excluding hydrogens is 394 g/mol. The van der Waals surface area contributed by atoms with Crippen LogP contribution in [0.1, 0.15) is 13.3 Å². The van der Waals surface area contributed by atoms with Gasteiger partial charge in [-0.25, -0.2) is 4.79 Å². The molecule has 1 aromatic heterocycles. The van der Waals surface area contributed by atoms with Crippen molar-refractivity contribution in [3.8, 4) is 17.2 Å². The number of hydrogen-bond donors (Lipinski definition) is 2. The number of para-hydroxylation sites is 2. The van der Waals surface area contributed by atoms with Gasteiger partial charge in [0.2, 0.25) is 11.6 Å².